The Labute approximate surface area is 204 Å². The van der Waals surface area contributed by atoms with E-state index in [1.54, 1.807) is 0 Å². The Kier molecular flexibility index (Phi) is 5.30. The minimum atomic E-state index is -0.353. The first kappa shape index (κ1) is 21.2. The van der Waals surface area contributed by atoms with Crippen LogP contribution in [-0.2, 0) is 9.59 Å². The van der Waals surface area contributed by atoms with Crippen LogP contribution in [0.25, 0.3) is 16.3 Å². The first-order valence-corrected chi connectivity index (χ1v) is 12.0. The van der Waals surface area contributed by atoms with Gasteiger partial charge in [0.2, 0.25) is 0 Å². The first-order valence-electron chi connectivity index (χ1n) is 12.0. The molecule has 1 saturated heterocycles. The molecule has 0 atom stereocenters. The number of hydrogen-bond donors (Lipinski definition) is 1. The zero-order valence-corrected chi connectivity index (χ0v) is 19.3. The molecule has 172 valence electrons. The number of fused-ring (bicyclic) bond motifs is 1. The van der Waals surface area contributed by atoms with Crippen LogP contribution in [0.3, 0.4) is 0 Å². The SMILES string of the molecule is O=C1C(Nc2ccc(N3CCCC3)cc2)=C(c2ccccc2)C(=O)N1c1cccc2ccccc12. The van der Waals surface area contributed by atoms with E-state index in [2.05, 4.69) is 22.3 Å². The second kappa shape index (κ2) is 8.76. The third kappa shape index (κ3) is 3.75. The van der Waals surface area contributed by atoms with Gasteiger partial charge in [0, 0.05) is 29.9 Å². The second-order valence-electron chi connectivity index (χ2n) is 8.93. The van der Waals surface area contributed by atoms with Crippen molar-refractivity contribution in [1.82, 2.24) is 0 Å². The van der Waals surface area contributed by atoms with Crippen molar-refractivity contribution < 1.29 is 9.59 Å². The van der Waals surface area contributed by atoms with Gasteiger partial charge >= 0.3 is 0 Å². The van der Waals surface area contributed by atoms with Gasteiger partial charge in [-0.3, -0.25) is 9.59 Å². The molecule has 1 fully saturated rings. The van der Waals surface area contributed by atoms with Gasteiger partial charge in [0.15, 0.2) is 0 Å². The Morgan fingerprint density at radius 3 is 2.11 bits per heavy atom. The lowest BCUT2D eigenvalue weighted by Crippen LogP contribution is -2.32. The lowest BCUT2D eigenvalue weighted by atomic mass is 10.0. The minimum Gasteiger partial charge on any atom is -0.372 e. The maximum Gasteiger partial charge on any atom is 0.282 e. The van der Waals surface area contributed by atoms with Crippen molar-refractivity contribution in [3.05, 3.63) is 108 Å². The topological polar surface area (TPSA) is 52.7 Å². The summed E-state index contributed by atoms with van der Waals surface area (Å²) in [7, 11) is 0. The Morgan fingerprint density at radius 1 is 0.657 bits per heavy atom. The highest BCUT2D eigenvalue weighted by atomic mass is 16.2. The van der Waals surface area contributed by atoms with Crippen LogP contribution in [0.1, 0.15) is 18.4 Å². The number of rotatable bonds is 5. The van der Waals surface area contributed by atoms with Crippen molar-refractivity contribution in [3.8, 4) is 0 Å². The lowest BCUT2D eigenvalue weighted by Gasteiger charge is -2.19. The van der Waals surface area contributed by atoms with E-state index < -0.39 is 0 Å². The summed E-state index contributed by atoms with van der Waals surface area (Å²) >= 11 is 0. The van der Waals surface area contributed by atoms with Crippen LogP contribution in [0, 0.1) is 0 Å². The quantitative estimate of drug-likeness (QED) is 0.381. The number of hydrogen-bond acceptors (Lipinski definition) is 4. The van der Waals surface area contributed by atoms with E-state index >= 15 is 0 Å². The predicted octanol–water partition coefficient (Wildman–Crippen LogP) is 5.84. The molecule has 1 N–H and O–H groups in total. The molecule has 5 nitrogen and oxygen atoms in total. The zero-order chi connectivity index (χ0) is 23.8. The Morgan fingerprint density at radius 2 is 1.34 bits per heavy atom. The highest BCUT2D eigenvalue weighted by molar-refractivity contribution is 6.47. The first-order chi connectivity index (χ1) is 17.2. The Bertz CT molecular complexity index is 1450. The molecular formula is C30H25N3O2. The summed E-state index contributed by atoms with van der Waals surface area (Å²) in [6, 6.07) is 31.0. The highest BCUT2D eigenvalue weighted by Crippen LogP contribution is 2.37. The summed E-state index contributed by atoms with van der Waals surface area (Å²) in [6.07, 6.45) is 2.43. The summed E-state index contributed by atoms with van der Waals surface area (Å²) in [4.78, 5) is 31.3. The number of imide groups is 1. The maximum atomic E-state index is 13.8. The summed E-state index contributed by atoms with van der Waals surface area (Å²) in [6.45, 7) is 2.14. The number of carbonyl (C=O) groups excluding carboxylic acids is 2. The van der Waals surface area contributed by atoms with Crippen molar-refractivity contribution in [2.24, 2.45) is 0 Å². The summed E-state index contributed by atoms with van der Waals surface area (Å²) < 4.78 is 0. The zero-order valence-electron chi connectivity index (χ0n) is 19.3. The van der Waals surface area contributed by atoms with Crippen LogP contribution in [0.2, 0.25) is 0 Å². The van der Waals surface area contributed by atoms with E-state index in [-0.39, 0.29) is 11.8 Å². The van der Waals surface area contributed by atoms with Gasteiger partial charge in [0.25, 0.3) is 11.8 Å². The molecule has 2 aliphatic heterocycles. The molecule has 0 spiro atoms. The molecule has 0 bridgehead atoms. The van der Waals surface area contributed by atoms with Gasteiger partial charge in [-0.15, -0.1) is 0 Å². The van der Waals surface area contributed by atoms with E-state index in [0.717, 1.165) is 29.5 Å². The molecule has 2 aliphatic rings. The summed E-state index contributed by atoms with van der Waals surface area (Å²) in [5.74, 6) is -0.678. The number of carbonyl (C=O) groups is 2. The van der Waals surface area contributed by atoms with Crippen LogP contribution in [-0.4, -0.2) is 24.9 Å². The Balaban J connectivity index is 1.41. The number of nitrogens with one attached hydrogen (secondary N) is 1. The summed E-state index contributed by atoms with van der Waals surface area (Å²) in [5, 5.41) is 5.12. The molecular weight excluding hydrogens is 434 g/mol. The van der Waals surface area contributed by atoms with E-state index in [1.807, 2.05) is 84.9 Å². The minimum absolute atomic E-state index is 0.294. The van der Waals surface area contributed by atoms with E-state index in [1.165, 1.54) is 23.4 Å². The van der Waals surface area contributed by atoms with Crippen molar-refractivity contribution in [2.75, 3.05) is 28.2 Å². The monoisotopic (exact) mass is 459 g/mol. The molecule has 0 aliphatic carbocycles. The van der Waals surface area contributed by atoms with Crippen LogP contribution in [0.4, 0.5) is 17.1 Å². The van der Waals surface area contributed by atoms with E-state index in [0.29, 0.717) is 22.5 Å². The van der Waals surface area contributed by atoms with Crippen LogP contribution in [0.15, 0.2) is 103 Å². The molecule has 6 rings (SSSR count). The fourth-order valence-electron chi connectivity index (χ4n) is 5.02. The van der Waals surface area contributed by atoms with Gasteiger partial charge in [-0.1, -0.05) is 66.7 Å². The normalized spacial score (nSPS) is 16.0. The largest absolute Gasteiger partial charge is 0.372 e. The van der Waals surface area contributed by atoms with E-state index in [9.17, 15) is 9.59 Å². The molecule has 2 amide bonds. The van der Waals surface area contributed by atoms with Gasteiger partial charge < -0.3 is 10.2 Å². The van der Waals surface area contributed by atoms with Gasteiger partial charge in [-0.2, -0.15) is 0 Å². The third-order valence-corrected chi connectivity index (χ3v) is 6.76. The highest BCUT2D eigenvalue weighted by Gasteiger charge is 2.40. The number of benzene rings is 4. The smallest absolute Gasteiger partial charge is 0.282 e. The van der Waals surface area contributed by atoms with Crippen LogP contribution >= 0.6 is 0 Å². The molecule has 5 heteroatoms. The van der Waals surface area contributed by atoms with Crippen LogP contribution < -0.4 is 15.1 Å². The molecule has 4 aromatic rings. The molecule has 0 aromatic heterocycles. The number of anilines is 3. The van der Waals surface area contributed by atoms with Gasteiger partial charge in [0.05, 0.1) is 11.3 Å². The average Bonchev–Trinajstić information content (AvgIpc) is 3.52. The van der Waals surface area contributed by atoms with Crippen LogP contribution in [0.5, 0.6) is 0 Å². The second-order valence-corrected chi connectivity index (χ2v) is 8.93. The summed E-state index contributed by atoms with van der Waals surface area (Å²) in [5.41, 5.74) is 3.93. The fourth-order valence-corrected chi connectivity index (χ4v) is 5.02. The molecule has 0 unspecified atom stereocenters. The molecule has 0 saturated carbocycles. The lowest BCUT2D eigenvalue weighted by molar-refractivity contribution is -0.120. The van der Waals surface area contributed by atoms with Gasteiger partial charge in [-0.05, 0) is 54.1 Å². The maximum absolute atomic E-state index is 13.8. The van der Waals surface area contributed by atoms with Crippen molar-refractivity contribution >= 4 is 45.2 Å². The predicted molar refractivity (Wildman–Crippen MR) is 141 cm³/mol. The van der Waals surface area contributed by atoms with Gasteiger partial charge in [-0.25, -0.2) is 4.90 Å². The Hall–Kier alpha value is -4.38. The number of nitrogens with zero attached hydrogens (tertiary/aromatic N) is 2. The molecule has 0 radical (unpaired) electrons. The molecule has 35 heavy (non-hydrogen) atoms. The van der Waals surface area contributed by atoms with Crippen molar-refractivity contribution in [3.63, 3.8) is 0 Å². The standard InChI is InChI=1S/C30H25N3O2/c34-29-27(22-10-2-1-3-11-22)28(31-23-15-17-24(18-16-23)32-19-6-7-20-32)30(35)33(29)26-14-8-12-21-9-4-5-13-25(21)26/h1-5,8-18,31H,6-7,19-20H2. The van der Waals surface area contributed by atoms with Crippen molar-refractivity contribution in [1.29, 1.82) is 0 Å². The molecule has 4 aromatic carbocycles. The number of amides is 2. The third-order valence-electron chi connectivity index (χ3n) is 6.76. The average molecular weight is 460 g/mol. The fraction of sp³-hybridized carbons (Fsp3) is 0.133. The van der Waals surface area contributed by atoms with Gasteiger partial charge in [0.1, 0.15) is 5.70 Å². The van der Waals surface area contributed by atoms with E-state index in [4.69, 9.17) is 0 Å². The van der Waals surface area contributed by atoms with Crippen molar-refractivity contribution in [2.45, 2.75) is 12.8 Å². The molecule has 2 heterocycles.